The monoisotopic (exact) mass is 400 g/mol. The van der Waals surface area contributed by atoms with Crippen LogP contribution >= 0.6 is 28.3 Å². The standard InChI is InChI=1S/C17H21BrN2O2.ClH/c18-11-1-2-15-12(9-11)14(3-8-22-15)20-16(21)13-10-17(13)4-6-19-7-5-17;/h1-2,9,13-14,19H,3-8,10H2,(H,20,21);1H. The number of fused-ring (bicyclic) bond motifs is 1. The second kappa shape index (κ2) is 6.61. The Morgan fingerprint density at radius 3 is 2.91 bits per heavy atom. The molecule has 1 aromatic rings. The maximum atomic E-state index is 12.7. The lowest BCUT2D eigenvalue weighted by Crippen LogP contribution is -2.36. The van der Waals surface area contributed by atoms with Crippen molar-refractivity contribution in [1.29, 1.82) is 0 Å². The Labute approximate surface area is 151 Å². The maximum Gasteiger partial charge on any atom is 0.224 e. The highest BCUT2D eigenvalue weighted by Gasteiger charge is 2.57. The number of amides is 1. The number of carbonyl (C=O) groups excluding carboxylic acids is 1. The van der Waals surface area contributed by atoms with Gasteiger partial charge in [-0.3, -0.25) is 4.79 Å². The van der Waals surface area contributed by atoms with Crippen molar-refractivity contribution in [3.8, 4) is 5.75 Å². The Bertz CT molecular complexity index is 604. The van der Waals surface area contributed by atoms with E-state index < -0.39 is 0 Å². The van der Waals surface area contributed by atoms with Gasteiger partial charge in [0.25, 0.3) is 0 Å². The minimum atomic E-state index is 0. The first-order chi connectivity index (χ1) is 10.7. The zero-order valence-electron chi connectivity index (χ0n) is 12.9. The maximum absolute atomic E-state index is 12.7. The molecule has 2 aliphatic heterocycles. The van der Waals surface area contributed by atoms with Gasteiger partial charge in [0.2, 0.25) is 5.91 Å². The molecule has 1 saturated carbocycles. The van der Waals surface area contributed by atoms with E-state index in [1.807, 2.05) is 12.1 Å². The number of ether oxygens (including phenoxy) is 1. The highest BCUT2D eigenvalue weighted by molar-refractivity contribution is 9.10. The number of hydrogen-bond donors (Lipinski definition) is 2. The number of rotatable bonds is 2. The molecule has 0 bridgehead atoms. The van der Waals surface area contributed by atoms with Crippen LogP contribution in [0.25, 0.3) is 0 Å². The van der Waals surface area contributed by atoms with Crippen molar-refractivity contribution >= 4 is 34.2 Å². The summed E-state index contributed by atoms with van der Waals surface area (Å²) in [5.41, 5.74) is 1.38. The molecule has 6 heteroatoms. The van der Waals surface area contributed by atoms with E-state index in [2.05, 4.69) is 32.6 Å². The van der Waals surface area contributed by atoms with Gasteiger partial charge in [0.15, 0.2) is 0 Å². The predicted molar refractivity (Wildman–Crippen MR) is 95.0 cm³/mol. The van der Waals surface area contributed by atoms with E-state index in [1.54, 1.807) is 0 Å². The van der Waals surface area contributed by atoms with Crippen molar-refractivity contribution in [2.24, 2.45) is 11.3 Å². The molecule has 1 aliphatic carbocycles. The van der Waals surface area contributed by atoms with Gasteiger partial charge >= 0.3 is 0 Å². The minimum absolute atomic E-state index is 0. The van der Waals surface area contributed by atoms with Crippen LogP contribution in [0.15, 0.2) is 22.7 Å². The molecule has 1 spiro atoms. The van der Waals surface area contributed by atoms with Crippen LogP contribution in [-0.2, 0) is 4.79 Å². The van der Waals surface area contributed by atoms with Gasteiger partial charge in [-0.2, -0.15) is 0 Å². The highest BCUT2D eigenvalue weighted by atomic mass is 79.9. The average molecular weight is 402 g/mol. The van der Waals surface area contributed by atoms with Crippen LogP contribution < -0.4 is 15.4 Å². The van der Waals surface area contributed by atoms with Crippen LogP contribution in [0.3, 0.4) is 0 Å². The Morgan fingerprint density at radius 1 is 1.35 bits per heavy atom. The summed E-state index contributed by atoms with van der Waals surface area (Å²) >= 11 is 3.51. The van der Waals surface area contributed by atoms with Crippen molar-refractivity contribution in [2.75, 3.05) is 19.7 Å². The molecule has 3 aliphatic rings. The largest absolute Gasteiger partial charge is 0.493 e. The molecule has 2 N–H and O–H groups in total. The number of halogens is 2. The molecule has 1 saturated heterocycles. The molecular formula is C17H22BrClN2O2. The second-order valence-corrected chi connectivity index (χ2v) is 7.67. The molecule has 2 unspecified atom stereocenters. The highest BCUT2D eigenvalue weighted by Crippen LogP contribution is 2.58. The lowest BCUT2D eigenvalue weighted by Gasteiger charge is -2.28. The summed E-state index contributed by atoms with van der Waals surface area (Å²) < 4.78 is 6.72. The molecule has 0 aromatic heterocycles. The number of carbonyl (C=O) groups is 1. The summed E-state index contributed by atoms with van der Waals surface area (Å²) in [5.74, 6) is 1.35. The van der Waals surface area contributed by atoms with Crippen molar-refractivity contribution in [3.63, 3.8) is 0 Å². The first kappa shape index (κ1) is 17.1. The van der Waals surface area contributed by atoms with E-state index in [9.17, 15) is 4.79 Å². The molecule has 126 valence electrons. The van der Waals surface area contributed by atoms with Crippen LogP contribution in [0.2, 0.25) is 0 Å². The molecule has 1 amide bonds. The minimum Gasteiger partial charge on any atom is -0.493 e. The van der Waals surface area contributed by atoms with Crippen molar-refractivity contribution in [1.82, 2.24) is 10.6 Å². The third kappa shape index (κ3) is 3.24. The first-order valence-electron chi connectivity index (χ1n) is 8.11. The van der Waals surface area contributed by atoms with Crippen molar-refractivity contribution < 1.29 is 9.53 Å². The summed E-state index contributed by atoms with van der Waals surface area (Å²) in [6.45, 7) is 2.77. The number of benzene rings is 1. The Hall–Kier alpha value is -0.780. The summed E-state index contributed by atoms with van der Waals surface area (Å²) in [7, 11) is 0. The normalized spacial score (nSPS) is 27.3. The van der Waals surface area contributed by atoms with Gasteiger partial charge in [-0.25, -0.2) is 0 Å². The van der Waals surface area contributed by atoms with Crippen LogP contribution in [-0.4, -0.2) is 25.6 Å². The Kier molecular flexibility index (Phi) is 4.90. The van der Waals surface area contributed by atoms with Gasteiger partial charge in [-0.1, -0.05) is 15.9 Å². The van der Waals surface area contributed by atoms with E-state index in [0.717, 1.165) is 54.6 Å². The molecule has 2 atom stereocenters. The van der Waals surface area contributed by atoms with Gasteiger partial charge in [0.1, 0.15) is 5.75 Å². The fraction of sp³-hybridized carbons (Fsp3) is 0.588. The fourth-order valence-electron chi connectivity index (χ4n) is 3.98. The van der Waals surface area contributed by atoms with Crippen molar-refractivity contribution in [3.05, 3.63) is 28.2 Å². The summed E-state index contributed by atoms with van der Waals surface area (Å²) in [4.78, 5) is 12.7. The molecule has 2 heterocycles. The van der Waals surface area contributed by atoms with E-state index >= 15 is 0 Å². The number of piperidine rings is 1. The SMILES string of the molecule is Cl.O=C(NC1CCOc2ccc(Br)cc21)C1CC12CCNCC2. The molecule has 0 radical (unpaired) electrons. The fourth-order valence-corrected chi connectivity index (χ4v) is 4.36. The van der Waals surface area contributed by atoms with Crippen LogP contribution in [0.5, 0.6) is 5.75 Å². The third-order valence-corrected chi connectivity index (χ3v) is 5.93. The zero-order chi connectivity index (χ0) is 15.2. The smallest absolute Gasteiger partial charge is 0.224 e. The predicted octanol–water partition coefficient (Wildman–Crippen LogP) is 3.20. The quantitative estimate of drug-likeness (QED) is 0.800. The molecule has 1 aromatic carbocycles. The van der Waals surface area contributed by atoms with E-state index in [1.165, 1.54) is 0 Å². The summed E-state index contributed by atoms with van der Waals surface area (Å²) in [6.07, 6.45) is 4.19. The third-order valence-electron chi connectivity index (χ3n) is 5.43. The molecule has 2 fully saturated rings. The molecule has 23 heavy (non-hydrogen) atoms. The Balaban J connectivity index is 0.00000156. The lowest BCUT2D eigenvalue weighted by molar-refractivity contribution is -0.124. The van der Waals surface area contributed by atoms with Gasteiger partial charge in [-0.15, -0.1) is 12.4 Å². The van der Waals surface area contributed by atoms with Gasteiger partial charge < -0.3 is 15.4 Å². The lowest BCUT2D eigenvalue weighted by atomic mass is 9.91. The second-order valence-electron chi connectivity index (χ2n) is 6.75. The van der Waals surface area contributed by atoms with Gasteiger partial charge in [0, 0.05) is 22.4 Å². The van der Waals surface area contributed by atoms with E-state index in [0.29, 0.717) is 12.0 Å². The number of hydrogen-bond acceptors (Lipinski definition) is 3. The van der Waals surface area contributed by atoms with Crippen LogP contribution in [0.1, 0.15) is 37.3 Å². The molecule has 4 nitrogen and oxygen atoms in total. The van der Waals surface area contributed by atoms with E-state index in [4.69, 9.17) is 4.74 Å². The zero-order valence-corrected chi connectivity index (χ0v) is 15.3. The Morgan fingerprint density at radius 2 is 2.13 bits per heavy atom. The summed E-state index contributed by atoms with van der Waals surface area (Å²) in [5, 5.41) is 6.66. The van der Waals surface area contributed by atoms with Crippen molar-refractivity contribution in [2.45, 2.75) is 31.7 Å². The molecule has 4 rings (SSSR count). The van der Waals surface area contributed by atoms with Crippen LogP contribution in [0, 0.1) is 11.3 Å². The van der Waals surface area contributed by atoms with E-state index in [-0.39, 0.29) is 30.3 Å². The van der Waals surface area contributed by atoms with Gasteiger partial charge in [-0.05, 0) is 56.0 Å². The average Bonchev–Trinajstić information content (AvgIpc) is 3.22. The van der Waals surface area contributed by atoms with Crippen LogP contribution in [0.4, 0.5) is 0 Å². The number of nitrogens with one attached hydrogen (secondary N) is 2. The first-order valence-corrected chi connectivity index (χ1v) is 8.91. The summed E-state index contributed by atoms with van der Waals surface area (Å²) in [6, 6.07) is 6.09. The molecular weight excluding hydrogens is 380 g/mol. The van der Waals surface area contributed by atoms with Gasteiger partial charge in [0.05, 0.1) is 12.6 Å². The topological polar surface area (TPSA) is 50.4 Å².